The van der Waals surface area contributed by atoms with Crippen LogP contribution >= 0.6 is 11.8 Å². The predicted molar refractivity (Wildman–Crippen MR) is 86.9 cm³/mol. The van der Waals surface area contributed by atoms with Crippen molar-refractivity contribution in [3.05, 3.63) is 51.4 Å². The average Bonchev–Trinajstić information content (AvgIpc) is 2.40. The summed E-state index contributed by atoms with van der Waals surface area (Å²) in [7, 11) is 0. The van der Waals surface area contributed by atoms with Crippen LogP contribution in [0.25, 0.3) is 0 Å². The first-order chi connectivity index (χ1) is 9.97. The summed E-state index contributed by atoms with van der Waals surface area (Å²) in [5, 5.41) is 0.621. The van der Waals surface area contributed by atoms with E-state index in [2.05, 4.69) is 42.0 Å². The van der Waals surface area contributed by atoms with Crippen molar-refractivity contribution >= 4 is 11.8 Å². The summed E-state index contributed by atoms with van der Waals surface area (Å²) in [4.78, 5) is 19.8. The number of H-pyrrole nitrogens is 1. The van der Waals surface area contributed by atoms with Crippen LogP contribution in [-0.2, 0) is 6.42 Å². The Hall–Kier alpha value is -1.59. The number of hydrogen-bond acceptors (Lipinski definition) is 4. The molecule has 0 aliphatic heterocycles. The quantitative estimate of drug-likeness (QED) is 0.833. The minimum absolute atomic E-state index is 0.121. The molecule has 0 spiro atoms. The zero-order valence-electron chi connectivity index (χ0n) is 12.6. The Morgan fingerprint density at radius 1 is 1.33 bits per heavy atom. The van der Waals surface area contributed by atoms with Crippen molar-refractivity contribution in [3.8, 4) is 0 Å². The molecule has 1 aromatic heterocycles. The lowest BCUT2D eigenvalue weighted by Gasteiger charge is -2.13. The second-order valence-corrected chi connectivity index (χ2v) is 6.31. The molecule has 1 atom stereocenters. The number of nitrogens with zero attached hydrogens (tertiary/aromatic N) is 1. The minimum Gasteiger partial charge on any atom is -0.327 e. The molecule has 5 heteroatoms. The van der Waals surface area contributed by atoms with Crippen molar-refractivity contribution in [2.75, 3.05) is 0 Å². The highest BCUT2D eigenvalue weighted by Gasteiger charge is 2.10. The summed E-state index contributed by atoms with van der Waals surface area (Å²) in [6.07, 6.45) is 1.77. The van der Waals surface area contributed by atoms with Crippen molar-refractivity contribution in [1.82, 2.24) is 9.97 Å². The average molecular weight is 303 g/mol. The maximum atomic E-state index is 11.5. The van der Waals surface area contributed by atoms with Gasteiger partial charge in [0.2, 0.25) is 0 Å². The number of rotatable bonds is 5. The standard InChI is InChI=1S/C16H21N3OS/c1-4-13(17)9-12-7-10(2)5-6-14(12)21-16-18-11(3)8-15(20)19-16/h5-8,13H,4,9,17H2,1-3H3,(H,18,19,20). The van der Waals surface area contributed by atoms with E-state index in [4.69, 9.17) is 5.73 Å². The molecule has 0 saturated heterocycles. The molecule has 2 aromatic rings. The van der Waals surface area contributed by atoms with Crippen molar-refractivity contribution in [1.29, 1.82) is 0 Å². The fraction of sp³-hybridized carbons (Fsp3) is 0.375. The largest absolute Gasteiger partial charge is 0.327 e. The lowest BCUT2D eigenvalue weighted by Crippen LogP contribution is -2.21. The van der Waals surface area contributed by atoms with Crippen LogP contribution in [0.15, 0.2) is 39.1 Å². The zero-order chi connectivity index (χ0) is 15.4. The van der Waals surface area contributed by atoms with Crippen molar-refractivity contribution < 1.29 is 0 Å². The maximum Gasteiger partial charge on any atom is 0.251 e. The van der Waals surface area contributed by atoms with Gasteiger partial charge in [-0.2, -0.15) is 0 Å². The van der Waals surface area contributed by atoms with E-state index in [1.54, 1.807) is 0 Å². The van der Waals surface area contributed by atoms with Gasteiger partial charge < -0.3 is 10.7 Å². The number of nitrogens with two attached hydrogens (primary N) is 1. The monoisotopic (exact) mass is 303 g/mol. The molecule has 3 N–H and O–H groups in total. The van der Waals surface area contributed by atoms with Gasteiger partial charge in [-0.05, 0) is 38.3 Å². The van der Waals surface area contributed by atoms with Gasteiger partial charge in [0.05, 0.1) is 0 Å². The summed E-state index contributed by atoms with van der Waals surface area (Å²) >= 11 is 1.48. The highest BCUT2D eigenvalue weighted by Crippen LogP contribution is 2.29. The van der Waals surface area contributed by atoms with E-state index in [-0.39, 0.29) is 11.6 Å². The molecular weight excluding hydrogens is 282 g/mol. The third-order valence-electron chi connectivity index (χ3n) is 3.28. The van der Waals surface area contributed by atoms with Crippen LogP contribution in [0.2, 0.25) is 0 Å². The third kappa shape index (κ3) is 4.44. The first kappa shape index (κ1) is 15.8. The Morgan fingerprint density at radius 3 is 2.76 bits per heavy atom. The van der Waals surface area contributed by atoms with Crippen molar-refractivity contribution in [2.24, 2.45) is 5.73 Å². The first-order valence-electron chi connectivity index (χ1n) is 7.09. The van der Waals surface area contributed by atoms with E-state index < -0.39 is 0 Å². The van der Waals surface area contributed by atoms with E-state index >= 15 is 0 Å². The lowest BCUT2D eigenvalue weighted by atomic mass is 10.0. The van der Waals surface area contributed by atoms with Crippen LogP contribution in [0, 0.1) is 13.8 Å². The molecule has 0 aliphatic rings. The fourth-order valence-corrected chi connectivity index (χ4v) is 3.06. The van der Waals surface area contributed by atoms with E-state index in [1.807, 2.05) is 6.92 Å². The molecule has 1 heterocycles. The summed E-state index contributed by atoms with van der Waals surface area (Å²) in [5.74, 6) is 0. The summed E-state index contributed by atoms with van der Waals surface area (Å²) in [6, 6.07) is 7.94. The van der Waals surface area contributed by atoms with Gasteiger partial charge in [0, 0.05) is 22.7 Å². The van der Waals surface area contributed by atoms with Gasteiger partial charge >= 0.3 is 0 Å². The Balaban J connectivity index is 2.32. The van der Waals surface area contributed by atoms with Gasteiger partial charge in [-0.15, -0.1) is 0 Å². The van der Waals surface area contributed by atoms with Crippen LogP contribution < -0.4 is 11.3 Å². The highest BCUT2D eigenvalue weighted by atomic mass is 32.2. The van der Waals surface area contributed by atoms with E-state index in [9.17, 15) is 4.79 Å². The fourth-order valence-electron chi connectivity index (χ4n) is 2.10. The predicted octanol–water partition coefficient (Wildman–Crippen LogP) is 2.82. The molecule has 0 fully saturated rings. The molecule has 4 nitrogen and oxygen atoms in total. The van der Waals surface area contributed by atoms with E-state index in [0.29, 0.717) is 5.16 Å². The van der Waals surface area contributed by atoms with Crippen LogP contribution in [-0.4, -0.2) is 16.0 Å². The summed E-state index contributed by atoms with van der Waals surface area (Å²) in [6.45, 7) is 5.98. The third-order valence-corrected chi connectivity index (χ3v) is 4.28. The smallest absolute Gasteiger partial charge is 0.251 e. The SMILES string of the molecule is CCC(N)Cc1cc(C)ccc1Sc1nc(C)cc(=O)[nH]1. The number of aryl methyl sites for hydroxylation is 2. The number of hydrogen-bond donors (Lipinski definition) is 2. The topological polar surface area (TPSA) is 71.8 Å². The molecule has 112 valence electrons. The van der Waals surface area contributed by atoms with Crippen LogP contribution in [0.3, 0.4) is 0 Å². The Labute approximate surface area is 129 Å². The molecule has 0 amide bonds. The zero-order valence-corrected chi connectivity index (χ0v) is 13.5. The molecule has 2 rings (SSSR count). The van der Waals surface area contributed by atoms with Crippen molar-refractivity contribution in [2.45, 2.75) is 49.7 Å². The Kier molecular flexibility index (Phi) is 5.20. The summed E-state index contributed by atoms with van der Waals surface area (Å²) in [5.41, 5.74) is 9.10. The molecule has 1 unspecified atom stereocenters. The summed E-state index contributed by atoms with van der Waals surface area (Å²) < 4.78 is 0. The number of aromatic amines is 1. The van der Waals surface area contributed by atoms with Gasteiger partial charge in [-0.3, -0.25) is 4.79 Å². The minimum atomic E-state index is -0.121. The molecule has 0 saturated carbocycles. The highest BCUT2D eigenvalue weighted by molar-refractivity contribution is 7.99. The van der Waals surface area contributed by atoms with Crippen LogP contribution in [0.4, 0.5) is 0 Å². The normalized spacial score (nSPS) is 12.4. The molecule has 0 radical (unpaired) electrons. The molecular formula is C16H21N3OS. The number of benzene rings is 1. The van der Waals surface area contributed by atoms with E-state index in [1.165, 1.54) is 29.0 Å². The molecule has 0 bridgehead atoms. The van der Waals surface area contributed by atoms with Gasteiger partial charge in [0.1, 0.15) is 0 Å². The maximum absolute atomic E-state index is 11.5. The van der Waals surface area contributed by atoms with Crippen LogP contribution in [0.5, 0.6) is 0 Å². The van der Waals surface area contributed by atoms with Gasteiger partial charge in [-0.25, -0.2) is 4.98 Å². The van der Waals surface area contributed by atoms with Gasteiger partial charge in [0.25, 0.3) is 5.56 Å². The lowest BCUT2D eigenvalue weighted by molar-refractivity contribution is 0.640. The molecule has 1 aromatic carbocycles. The van der Waals surface area contributed by atoms with Crippen LogP contribution in [0.1, 0.15) is 30.2 Å². The van der Waals surface area contributed by atoms with E-state index in [0.717, 1.165) is 23.4 Å². The molecule has 0 aliphatic carbocycles. The number of nitrogens with one attached hydrogen (secondary N) is 1. The first-order valence-corrected chi connectivity index (χ1v) is 7.90. The Morgan fingerprint density at radius 2 is 2.10 bits per heavy atom. The number of aromatic nitrogens is 2. The second kappa shape index (κ2) is 6.91. The molecule has 21 heavy (non-hydrogen) atoms. The Bertz CT molecular complexity index is 681. The van der Waals surface area contributed by atoms with Gasteiger partial charge in [0.15, 0.2) is 5.16 Å². The van der Waals surface area contributed by atoms with Crippen molar-refractivity contribution in [3.63, 3.8) is 0 Å². The van der Waals surface area contributed by atoms with Gasteiger partial charge in [-0.1, -0.05) is 36.4 Å². The second-order valence-electron chi connectivity index (χ2n) is 5.28.